The summed E-state index contributed by atoms with van der Waals surface area (Å²) in [5, 5.41) is 0. The average Bonchev–Trinajstić information content (AvgIpc) is 2.65. The first-order chi connectivity index (χ1) is 6.38. The Kier molecular flexibility index (Phi) is 5.19. The van der Waals surface area contributed by atoms with Crippen LogP contribution in [-0.4, -0.2) is 0 Å². The van der Waals surface area contributed by atoms with Crippen LogP contribution in [0.1, 0.15) is 58.8 Å². The molecule has 0 bridgehead atoms. The average molecular weight is 180 g/mol. The van der Waals surface area contributed by atoms with Gasteiger partial charge in [-0.3, -0.25) is 0 Å². The Labute approximate surface area is 83.4 Å². The van der Waals surface area contributed by atoms with Crippen LogP contribution in [0.5, 0.6) is 0 Å². The number of allylic oxidation sites excluding steroid dienone is 2. The number of rotatable bonds is 6. The first kappa shape index (κ1) is 10.8. The summed E-state index contributed by atoms with van der Waals surface area (Å²) >= 11 is 0. The van der Waals surface area contributed by atoms with Crippen molar-refractivity contribution in [3.05, 3.63) is 12.2 Å². The highest BCUT2D eigenvalue weighted by molar-refractivity contribution is 4.98. The second-order valence-electron chi connectivity index (χ2n) is 4.33. The van der Waals surface area contributed by atoms with Crippen LogP contribution in [0, 0.1) is 11.8 Å². The predicted octanol–water partition coefficient (Wildman–Crippen LogP) is 4.56. The molecule has 0 saturated carbocycles. The zero-order chi connectivity index (χ0) is 9.52. The van der Waals surface area contributed by atoms with Gasteiger partial charge in [0.25, 0.3) is 0 Å². The number of hydrogen-bond donors (Lipinski definition) is 0. The Morgan fingerprint density at radius 3 is 2.69 bits per heavy atom. The molecule has 2 unspecified atom stereocenters. The molecule has 0 aromatic rings. The molecule has 0 spiro atoms. The quantitative estimate of drug-likeness (QED) is 0.415. The summed E-state index contributed by atoms with van der Waals surface area (Å²) in [6, 6.07) is 0. The summed E-state index contributed by atoms with van der Waals surface area (Å²) in [7, 11) is 0. The molecule has 0 radical (unpaired) electrons. The fourth-order valence-electron chi connectivity index (χ4n) is 2.43. The van der Waals surface area contributed by atoms with E-state index in [0.717, 1.165) is 11.8 Å². The summed E-state index contributed by atoms with van der Waals surface area (Å²) < 4.78 is 0. The Hall–Kier alpha value is -0.260. The molecule has 1 aliphatic carbocycles. The van der Waals surface area contributed by atoms with Gasteiger partial charge in [-0.2, -0.15) is 0 Å². The minimum absolute atomic E-state index is 0.918. The molecule has 13 heavy (non-hydrogen) atoms. The van der Waals surface area contributed by atoms with Gasteiger partial charge in [-0.1, -0.05) is 51.7 Å². The minimum Gasteiger partial charge on any atom is -0.0882 e. The molecule has 0 amide bonds. The van der Waals surface area contributed by atoms with Crippen LogP contribution >= 0.6 is 0 Å². The van der Waals surface area contributed by atoms with Gasteiger partial charge in [0, 0.05) is 0 Å². The third kappa shape index (κ3) is 3.54. The smallest absolute Gasteiger partial charge is 0.0202 e. The van der Waals surface area contributed by atoms with E-state index in [0.29, 0.717) is 0 Å². The molecule has 0 aliphatic heterocycles. The lowest BCUT2D eigenvalue weighted by atomic mass is 9.85. The molecule has 76 valence electrons. The zero-order valence-corrected chi connectivity index (χ0v) is 9.26. The minimum atomic E-state index is 0.918. The monoisotopic (exact) mass is 180 g/mol. The van der Waals surface area contributed by atoms with E-state index >= 15 is 0 Å². The Morgan fingerprint density at radius 1 is 1.31 bits per heavy atom. The Morgan fingerprint density at radius 2 is 2.15 bits per heavy atom. The maximum absolute atomic E-state index is 2.46. The highest BCUT2D eigenvalue weighted by Crippen LogP contribution is 2.31. The van der Waals surface area contributed by atoms with Crippen molar-refractivity contribution in [1.82, 2.24) is 0 Å². The van der Waals surface area contributed by atoms with Gasteiger partial charge in [0.15, 0.2) is 0 Å². The predicted molar refractivity (Wildman–Crippen MR) is 59.8 cm³/mol. The molecular formula is C13H24. The zero-order valence-electron chi connectivity index (χ0n) is 9.26. The van der Waals surface area contributed by atoms with E-state index in [4.69, 9.17) is 0 Å². The highest BCUT2D eigenvalue weighted by atomic mass is 14.2. The van der Waals surface area contributed by atoms with Gasteiger partial charge in [0.1, 0.15) is 0 Å². The molecule has 1 rings (SSSR count). The van der Waals surface area contributed by atoms with Gasteiger partial charge in [-0.05, 0) is 31.1 Å². The standard InChI is InChI=1S/C13H24/c1-3-5-6-9-12(4-2)13-10-7-8-11-13/h7,10,12-13H,3-6,8-9,11H2,1-2H3. The van der Waals surface area contributed by atoms with Crippen LogP contribution in [0.2, 0.25) is 0 Å². The molecule has 0 aromatic heterocycles. The van der Waals surface area contributed by atoms with Gasteiger partial charge in [0.05, 0.1) is 0 Å². The Balaban J connectivity index is 2.21. The fourth-order valence-corrected chi connectivity index (χ4v) is 2.43. The highest BCUT2D eigenvalue weighted by Gasteiger charge is 2.18. The third-order valence-electron chi connectivity index (χ3n) is 3.36. The summed E-state index contributed by atoms with van der Waals surface area (Å²) in [6.45, 7) is 4.64. The maximum Gasteiger partial charge on any atom is -0.0202 e. The molecule has 0 heteroatoms. The first-order valence-electron chi connectivity index (χ1n) is 6.05. The van der Waals surface area contributed by atoms with Crippen molar-refractivity contribution in [3.8, 4) is 0 Å². The SMILES string of the molecule is CCCCCC(CC)C1C=CCC1. The van der Waals surface area contributed by atoms with Gasteiger partial charge in [-0.25, -0.2) is 0 Å². The van der Waals surface area contributed by atoms with E-state index in [1.807, 2.05) is 0 Å². The first-order valence-corrected chi connectivity index (χ1v) is 6.05. The molecule has 1 aliphatic rings. The molecule has 0 N–H and O–H groups in total. The van der Waals surface area contributed by atoms with Crippen molar-refractivity contribution in [2.24, 2.45) is 11.8 Å². The van der Waals surface area contributed by atoms with Crippen molar-refractivity contribution in [2.45, 2.75) is 58.8 Å². The van der Waals surface area contributed by atoms with Crippen LogP contribution in [0.15, 0.2) is 12.2 Å². The number of hydrogen-bond acceptors (Lipinski definition) is 0. The van der Waals surface area contributed by atoms with Crippen LogP contribution in [0.4, 0.5) is 0 Å². The second kappa shape index (κ2) is 6.23. The lowest BCUT2D eigenvalue weighted by molar-refractivity contribution is 0.341. The van der Waals surface area contributed by atoms with E-state index < -0.39 is 0 Å². The summed E-state index contributed by atoms with van der Waals surface area (Å²) in [5.41, 5.74) is 0. The summed E-state index contributed by atoms with van der Waals surface area (Å²) in [5.74, 6) is 1.90. The van der Waals surface area contributed by atoms with Crippen molar-refractivity contribution in [2.75, 3.05) is 0 Å². The van der Waals surface area contributed by atoms with Crippen LogP contribution in [0.3, 0.4) is 0 Å². The van der Waals surface area contributed by atoms with Crippen LogP contribution < -0.4 is 0 Å². The van der Waals surface area contributed by atoms with Crippen LogP contribution in [-0.2, 0) is 0 Å². The fraction of sp³-hybridized carbons (Fsp3) is 0.846. The molecule has 0 saturated heterocycles. The van der Waals surface area contributed by atoms with E-state index in [2.05, 4.69) is 26.0 Å². The molecular weight excluding hydrogens is 156 g/mol. The van der Waals surface area contributed by atoms with Crippen molar-refractivity contribution in [1.29, 1.82) is 0 Å². The normalized spacial score (nSPS) is 23.7. The molecule has 0 nitrogen and oxygen atoms in total. The molecule has 0 heterocycles. The van der Waals surface area contributed by atoms with Gasteiger partial charge < -0.3 is 0 Å². The lowest BCUT2D eigenvalue weighted by Crippen LogP contribution is -2.09. The van der Waals surface area contributed by atoms with Gasteiger partial charge in [-0.15, -0.1) is 0 Å². The van der Waals surface area contributed by atoms with Crippen molar-refractivity contribution < 1.29 is 0 Å². The topological polar surface area (TPSA) is 0 Å². The molecule has 0 aromatic carbocycles. The Bertz CT molecular complexity index is 146. The number of unbranched alkanes of at least 4 members (excludes halogenated alkanes) is 2. The second-order valence-corrected chi connectivity index (χ2v) is 4.33. The van der Waals surface area contributed by atoms with Crippen molar-refractivity contribution >= 4 is 0 Å². The maximum atomic E-state index is 2.46. The lowest BCUT2D eigenvalue weighted by Gasteiger charge is -2.20. The molecule has 0 fully saturated rings. The van der Waals surface area contributed by atoms with Crippen molar-refractivity contribution in [3.63, 3.8) is 0 Å². The van der Waals surface area contributed by atoms with Gasteiger partial charge in [0.2, 0.25) is 0 Å². The largest absolute Gasteiger partial charge is 0.0882 e. The van der Waals surface area contributed by atoms with E-state index in [1.54, 1.807) is 0 Å². The molecule has 2 atom stereocenters. The van der Waals surface area contributed by atoms with E-state index in [9.17, 15) is 0 Å². The van der Waals surface area contributed by atoms with Gasteiger partial charge >= 0.3 is 0 Å². The van der Waals surface area contributed by atoms with Crippen LogP contribution in [0.25, 0.3) is 0 Å². The van der Waals surface area contributed by atoms with E-state index in [-0.39, 0.29) is 0 Å². The summed E-state index contributed by atoms with van der Waals surface area (Å²) in [6.07, 6.45) is 14.6. The summed E-state index contributed by atoms with van der Waals surface area (Å²) in [4.78, 5) is 0. The van der Waals surface area contributed by atoms with E-state index in [1.165, 1.54) is 44.9 Å². The third-order valence-corrected chi connectivity index (χ3v) is 3.36.